The number of aromatic nitrogens is 4. The number of hydrogen-bond acceptors (Lipinski definition) is 8. The van der Waals surface area contributed by atoms with Crippen LogP contribution in [-0.4, -0.2) is 58.1 Å². The van der Waals surface area contributed by atoms with Gasteiger partial charge in [0.1, 0.15) is 10.9 Å². The lowest BCUT2D eigenvalue weighted by Gasteiger charge is -2.32. The van der Waals surface area contributed by atoms with Gasteiger partial charge in [-0.05, 0) is 43.1 Å². The highest BCUT2D eigenvalue weighted by molar-refractivity contribution is 7.99. The van der Waals surface area contributed by atoms with Crippen LogP contribution in [0.1, 0.15) is 18.4 Å². The molecular weight excluding hydrogens is 406 g/mol. The first-order chi connectivity index (χ1) is 15.1. The van der Waals surface area contributed by atoms with Crippen LogP contribution < -0.4 is 10.2 Å². The molecule has 0 unspecified atom stereocenters. The molecule has 0 spiro atoms. The van der Waals surface area contributed by atoms with Gasteiger partial charge in [-0.1, -0.05) is 37.8 Å². The van der Waals surface area contributed by atoms with Crippen LogP contribution >= 0.6 is 11.8 Å². The van der Waals surface area contributed by atoms with Gasteiger partial charge < -0.3 is 15.1 Å². The van der Waals surface area contributed by atoms with Crippen LogP contribution in [0.5, 0.6) is 0 Å². The second kappa shape index (κ2) is 9.89. The van der Waals surface area contributed by atoms with Crippen LogP contribution in [-0.2, 0) is 6.42 Å². The Morgan fingerprint density at radius 3 is 2.48 bits per heavy atom. The van der Waals surface area contributed by atoms with Gasteiger partial charge in [0.25, 0.3) is 0 Å². The van der Waals surface area contributed by atoms with Crippen molar-refractivity contribution in [3.05, 3.63) is 66.6 Å². The van der Waals surface area contributed by atoms with E-state index < -0.39 is 0 Å². The van der Waals surface area contributed by atoms with E-state index in [-0.39, 0.29) is 0 Å². The van der Waals surface area contributed by atoms with E-state index in [9.17, 15) is 0 Å². The summed E-state index contributed by atoms with van der Waals surface area (Å²) in [5, 5.41) is 4.80. The summed E-state index contributed by atoms with van der Waals surface area (Å²) >= 11 is 1.45. The fourth-order valence-electron chi connectivity index (χ4n) is 3.23. The summed E-state index contributed by atoms with van der Waals surface area (Å²) in [7, 11) is 2.14. The molecule has 0 radical (unpaired) electrons. The zero-order chi connectivity index (χ0) is 21.6. The molecule has 1 fully saturated rings. The van der Waals surface area contributed by atoms with Crippen LogP contribution in [0.3, 0.4) is 0 Å². The highest BCUT2D eigenvalue weighted by Crippen LogP contribution is 2.26. The zero-order valence-corrected chi connectivity index (χ0v) is 18.8. The van der Waals surface area contributed by atoms with Crippen molar-refractivity contribution in [2.45, 2.75) is 23.5 Å². The van der Waals surface area contributed by atoms with E-state index in [1.807, 2.05) is 48.5 Å². The van der Waals surface area contributed by atoms with E-state index in [1.54, 1.807) is 0 Å². The van der Waals surface area contributed by atoms with Gasteiger partial charge in [-0.25, -0.2) is 9.97 Å². The minimum Gasteiger partial charge on any atom is -0.354 e. The first kappa shape index (κ1) is 21.3. The molecule has 1 aromatic carbocycles. The summed E-state index contributed by atoms with van der Waals surface area (Å²) < 4.78 is 0. The first-order valence-corrected chi connectivity index (χ1v) is 11.3. The molecule has 0 bridgehead atoms. The van der Waals surface area contributed by atoms with E-state index in [4.69, 9.17) is 9.97 Å². The number of pyridine rings is 1. The topological polar surface area (TPSA) is 70.1 Å². The predicted molar refractivity (Wildman–Crippen MR) is 126 cm³/mol. The molecule has 3 heterocycles. The predicted octanol–water partition coefficient (Wildman–Crippen LogP) is 3.81. The van der Waals surface area contributed by atoms with Gasteiger partial charge in [0.15, 0.2) is 5.16 Å². The standard InChI is InChI=1S/C23H27N7S/c1-4-20-26-22(30-15-13-29(3)14-16-30)28-23(27-20)31-21-12-8-11-19(25-21)17(2)24-18-9-6-5-7-10-18/h5-12,24H,2,4,13-16H2,1,3H3. The van der Waals surface area contributed by atoms with Crippen molar-refractivity contribution < 1.29 is 0 Å². The third-order valence-electron chi connectivity index (χ3n) is 5.05. The van der Waals surface area contributed by atoms with Crippen molar-refractivity contribution in [3.63, 3.8) is 0 Å². The Hall–Kier alpha value is -2.97. The SMILES string of the molecule is C=C(Nc1ccccc1)c1cccc(Sc2nc(CC)nc(N3CCN(C)CC3)n2)n1. The number of anilines is 2. The van der Waals surface area contributed by atoms with Crippen molar-refractivity contribution in [1.29, 1.82) is 0 Å². The largest absolute Gasteiger partial charge is 0.354 e. The van der Waals surface area contributed by atoms with Crippen molar-refractivity contribution in [1.82, 2.24) is 24.8 Å². The summed E-state index contributed by atoms with van der Waals surface area (Å²) in [4.78, 5) is 23.3. The van der Waals surface area contributed by atoms with Gasteiger partial charge in [-0.15, -0.1) is 0 Å². The molecule has 4 rings (SSSR count). The minimum absolute atomic E-state index is 0.673. The van der Waals surface area contributed by atoms with Crippen LogP contribution in [0.15, 0.2) is 65.3 Å². The van der Waals surface area contributed by atoms with Gasteiger partial charge >= 0.3 is 0 Å². The van der Waals surface area contributed by atoms with Gasteiger partial charge in [-0.3, -0.25) is 0 Å². The molecule has 1 aliphatic rings. The van der Waals surface area contributed by atoms with Crippen molar-refractivity contribution in [2.75, 3.05) is 43.4 Å². The smallest absolute Gasteiger partial charge is 0.229 e. The normalized spacial score (nSPS) is 14.5. The Kier molecular flexibility index (Phi) is 6.79. The van der Waals surface area contributed by atoms with E-state index >= 15 is 0 Å². The van der Waals surface area contributed by atoms with Crippen molar-refractivity contribution in [2.24, 2.45) is 0 Å². The number of nitrogens with one attached hydrogen (secondary N) is 1. The molecule has 3 aromatic rings. The Labute approximate surface area is 187 Å². The number of benzene rings is 1. The van der Waals surface area contributed by atoms with Crippen molar-refractivity contribution in [3.8, 4) is 0 Å². The summed E-state index contributed by atoms with van der Waals surface area (Å²) in [6.45, 7) is 10.1. The van der Waals surface area contributed by atoms with Crippen LogP contribution in [0, 0.1) is 0 Å². The second-order valence-electron chi connectivity index (χ2n) is 7.41. The Bertz CT molecular complexity index is 1030. The highest BCUT2D eigenvalue weighted by atomic mass is 32.2. The molecule has 160 valence electrons. The number of hydrogen-bond donors (Lipinski definition) is 1. The number of likely N-dealkylation sites (N-methyl/N-ethyl adjacent to an activating group) is 1. The van der Waals surface area contributed by atoms with Crippen LogP contribution in [0.4, 0.5) is 11.6 Å². The van der Waals surface area contributed by atoms with Gasteiger partial charge in [-0.2, -0.15) is 9.97 Å². The molecule has 31 heavy (non-hydrogen) atoms. The van der Waals surface area contributed by atoms with Crippen molar-refractivity contribution >= 4 is 29.1 Å². The maximum Gasteiger partial charge on any atom is 0.229 e. The van der Waals surface area contributed by atoms with E-state index in [2.05, 4.69) is 45.6 Å². The molecule has 1 saturated heterocycles. The van der Waals surface area contributed by atoms with Gasteiger partial charge in [0.05, 0.1) is 11.4 Å². The lowest BCUT2D eigenvalue weighted by atomic mass is 10.2. The molecule has 1 N–H and O–H groups in total. The number of rotatable bonds is 7. The van der Waals surface area contributed by atoms with E-state index in [0.717, 1.165) is 66.5 Å². The van der Waals surface area contributed by atoms with Gasteiger partial charge in [0, 0.05) is 38.3 Å². The van der Waals surface area contributed by atoms with Crippen LogP contribution in [0.25, 0.3) is 5.70 Å². The Morgan fingerprint density at radius 2 is 1.74 bits per heavy atom. The fourth-order valence-corrected chi connectivity index (χ4v) is 3.99. The van der Waals surface area contributed by atoms with Gasteiger partial charge in [0.2, 0.25) is 5.95 Å². The van der Waals surface area contributed by atoms with Crippen LogP contribution in [0.2, 0.25) is 0 Å². The maximum absolute atomic E-state index is 4.75. The average molecular weight is 434 g/mol. The van der Waals surface area contributed by atoms with E-state index in [0.29, 0.717) is 5.16 Å². The molecule has 0 saturated carbocycles. The molecule has 0 aliphatic carbocycles. The zero-order valence-electron chi connectivity index (χ0n) is 18.0. The third kappa shape index (κ3) is 5.59. The summed E-state index contributed by atoms with van der Waals surface area (Å²) in [5.41, 5.74) is 2.52. The number of nitrogens with zero attached hydrogens (tertiary/aromatic N) is 6. The second-order valence-corrected chi connectivity index (χ2v) is 8.40. The Morgan fingerprint density at radius 1 is 0.968 bits per heavy atom. The lowest BCUT2D eigenvalue weighted by Crippen LogP contribution is -2.45. The molecule has 1 aliphatic heterocycles. The Balaban J connectivity index is 1.51. The molecule has 8 heteroatoms. The first-order valence-electron chi connectivity index (χ1n) is 10.5. The average Bonchev–Trinajstić information content (AvgIpc) is 2.80. The summed E-state index contributed by atoms with van der Waals surface area (Å²) in [6, 6.07) is 15.9. The minimum atomic E-state index is 0.673. The highest BCUT2D eigenvalue weighted by Gasteiger charge is 2.19. The quantitative estimate of drug-likeness (QED) is 0.603. The number of para-hydroxylation sites is 1. The molecular formula is C23H27N7S. The maximum atomic E-state index is 4.75. The summed E-state index contributed by atoms with van der Waals surface area (Å²) in [6.07, 6.45) is 0.766. The molecule has 2 aromatic heterocycles. The molecule has 7 nitrogen and oxygen atoms in total. The lowest BCUT2D eigenvalue weighted by molar-refractivity contribution is 0.310. The van der Waals surface area contributed by atoms with E-state index in [1.165, 1.54) is 11.8 Å². The fraction of sp³-hybridized carbons (Fsp3) is 0.304. The number of aryl methyl sites for hydroxylation is 1. The summed E-state index contributed by atoms with van der Waals surface area (Å²) in [5.74, 6) is 1.56. The number of piperazine rings is 1. The third-order valence-corrected chi connectivity index (χ3v) is 5.85. The molecule has 0 atom stereocenters. The monoisotopic (exact) mass is 433 g/mol. The molecule has 0 amide bonds.